The van der Waals surface area contributed by atoms with Gasteiger partial charge in [-0.1, -0.05) is 6.92 Å². The molecule has 0 aliphatic rings. The first-order valence-electron chi connectivity index (χ1n) is 6.14. The second-order valence-corrected chi connectivity index (χ2v) is 5.98. The molecule has 0 spiro atoms. The summed E-state index contributed by atoms with van der Waals surface area (Å²) in [4.78, 5) is 7.42. The first-order chi connectivity index (χ1) is 9.81. The van der Waals surface area contributed by atoms with Crippen molar-refractivity contribution in [2.24, 2.45) is 0 Å². The van der Waals surface area contributed by atoms with E-state index in [4.69, 9.17) is 0 Å². The van der Waals surface area contributed by atoms with Gasteiger partial charge in [0.15, 0.2) is 0 Å². The van der Waals surface area contributed by atoms with Crippen molar-refractivity contribution in [3.8, 4) is 0 Å². The molecule has 2 rings (SSSR count). The zero-order valence-electron chi connectivity index (χ0n) is 11.4. The molecule has 1 aromatic carbocycles. The predicted octanol–water partition coefficient (Wildman–Crippen LogP) is 2.43. The summed E-state index contributed by atoms with van der Waals surface area (Å²) >= 11 is 0. The van der Waals surface area contributed by atoms with Gasteiger partial charge in [-0.2, -0.15) is 0 Å². The monoisotopic (exact) mass is 313 g/mol. The fourth-order valence-corrected chi connectivity index (χ4v) is 2.80. The van der Waals surface area contributed by atoms with Gasteiger partial charge < -0.3 is 0 Å². The number of nitrogens with zero attached hydrogens (tertiary/aromatic N) is 2. The van der Waals surface area contributed by atoms with Crippen LogP contribution in [0.2, 0.25) is 0 Å². The molecule has 0 fully saturated rings. The summed E-state index contributed by atoms with van der Waals surface area (Å²) in [6.45, 7) is 3.48. The summed E-state index contributed by atoms with van der Waals surface area (Å²) < 4.78 is 52.8. The van der Waals surface area contributed by atoms with Gasteiger partial charge in [0, 0.05) is 17.8 Å². The smallest absolute Gasteiger partial charge is 0.263 e. The Labute approximate surface area is 121 Å². The maximum Gasteiger partial charge on any atom is 0.265 e. The Bertz CT molecular complexity index is 779. The number of aryl methyl sites for hydroxylation is 2. The molecule has 2 aromatic rings. The summed E-state index contributed by atoms with van der Waals surface area (Å²) in [6, 6.07) is 3.71. The van der Waals surface area contributed by atoms with Crippen LogP contribution in [0, 0.1) is 18.6 Å². The van der Waals surface area contributed by atoms with Gasteiger partial charge in [-0.15, -0.1) is 0 Å². The van der Waals surface area contributed by atoms with Gasteiger partial charge in [0.2, 0.25) is 0 Å². The molecule has 5 nitrogen and oxygen atoms in total. The minimum absolute atomic E-state index is 0.0445. The molecule has 0 saturated carbocycles. The van der Waals surface area contributed by atoms with Crippen LogP contribution in [0.25, 0.3) is 0 Å². The van der Waals surface area contributed by atoms with Gasteiger partial charge in [-0.25, -0.2) is 27.2 Å². The molecule has 0 atom stereocenters. The average Bonchev–Trinajstić information content (AvgIpc) is 2.36. The molecule has 21 heavy (non-hydrogen) atoms. The van der Waals surface area contributed by atoms with Crippen LogP contribution < -0.4 is 4.72 Å². The van der Waals surface area contributed by atoms with Gasteiger partial charge in [0.25, 0.3) is 10.0 Å². The lowest BCUT2D eigenvalue weighted by atomic mass is 10.3. The van der Waals surface area contributed by atoms with Crippen molar-refractivity contribution in [2.75, 3.05) is 4.72 Å². The highest BCUT2D eigenvalue weighted by Crippen LogP contribution is 2.19. The van der Waals surface area contributed by atoms with E-state index in [1.807, 2.05) is 6.92 Å². The Hall–Kier alpha value is -2.09. The fraction of sp³-hybridized carbons (Fsp3) is 0.231. The molecule has 1 N–H and O–H groups in total. The van der Waals surface area contributed by atoms with Crippen molar-refractivity contribution < 1.29 is 17.2 Å². The first kappa shape index (κ1) is 15.3. The highest BCUT2D eigenvalue weighted by molar-refractivity contribution is 7.92. The predicted molar refractivity (Wildman–Crippen MR) is 73.3 cm³/mol. The molecule has 0 amide bonds. The minimum atomic E-state index is -4.18. The van der Waals surface area contributed by atoms with Crippen molar-refractivity contribution in [1.82, 2.24) is 9.97 Å². The molecule has 1 aromatic heterocycles. The number of hydrogen-bond donors (Lipinski definition) is 1. The molecule has 1 heterocycles. The molecule has 0 unspecified atom stereocenters. The molecule has 0 saturated heterocycles. The average molecular weight is 313 g/mol. The Morgan fingerprint density at radius 2 is 1.90 bits per heavy atom. The number of nitrogens with one attached hydrogen (secondary N) is 1. The molecule has 0 bridgehead atoms. The van der Waals surface area contributed by atoms with Gasteiger partial charge in [-0.3, -0.25) is 4.72 Å². The zero-order chi connectivity index (χ0) is 15.6. The van der Waals surface area contributed by atoms with Crippen molar-refractivity contribution >= 4 is 15.8 Å². The van der Waals surface area contributed by atoms with Crippen molar-refractivity contribution in [2.45, 2.75) is 25.2 Å². The number of rotatable bonds is 4. The third kappa shape index (κ3) is 3.52. The lowest BCUT2D eigenvalue weighted by Gasteiger charge is -2.09. The second kappa shape index (κ2) is 5.72. The Balaban J connectivity index is 2.39. The Morgan fingerprint density at radius 3 is 2.52 bits per heavy atom. The van der Waals surface area contributed by atoms with E-state index in [0.717, 1.165) is 12.1 Å². The van der Waals surface area contributed by atoms with Gasteiger partial charge >= 0.3 is 0 Å². The van der Waals surface area contributed by atoms with Crippen LogP contribution in [0.3, 0.4) is 0 Å². The van der Waals surface area contributed by atoms with Crippen LogP contribution in [0.1, 0.15) is 18.4 Å². The molecule has 112 valence electrons. The van der Waals surface area contributed by atoms with Crippen LogP contribution in [-0.4, -0.2) is 18.4 Å². The summed E-state index contributed by atoms with van der Waals surface area (Å²) in [5.41, 5.74) is 0.653. The number of benzene rings is 1. The summed E-state index contributed by atoms with van der Waals surface area (Å²) in [6.07, 6.45) is 0.600. The van der Waals surface area contributed by atoms with E-state index in [-0.39, 0.29) is 5.82 Å². The summed E-state index contributed by atoms with van der Waals surface area (Å²) in [5.74, 6) is -1.57. The van der Waals surface area contributed by atoms with Crippen LogP contribution >= 0.6 is 0 Å². The summed E-state index contributed by atoms with van der Waals surface area (Å²) in [5, 5.41) is 0. The maximum atomic E-state index is 13.6. The molecular weight excluding hydrogens is 300 g/mol. The quantitative estimate of drug-likeness (QED) is 0.941. The fourth-order valence-electron chi connectivity index (χ4n) is 1.75. The van der Waals surface area contributed by atoms with Crippen LogP contribution in [0.4, 0.5) is 14.6 Å². The van der Waals surface area contributed by atoms with Crippen LogP contribution in [-0.2, 0) is 16.4 Å². The van der Waals surface area contributed by atoms with E-state index in [1.54, 1.807) is 6.92 Å². The lowest BCUT2D eigenvalue weighted by molar-refractivity contribution is 0.551. The molecule has 0 radical (unpaired) electrons. The van der Waals surface area contributed by atoms with Crippen molar-refractivity contribution in [3.63, 3.8) is 0 Å². The normalized spacial score (nSPS) is 11.4. The largest absolute Gasteiger partial charge is 0.265 e. The van der Waals surface area contributed by atoms with E-state index in [2.05, 4.69) is 14.7 Å². The number of hydrogen-bond acceptors (Lipinski definition) is 4. The van der Waals surface area contributed by atoms with E-state index in [0.29, 0.717) is 24.0 Å². The lowest BCUT2D eigenvalue weighted by Crippen LogP contribution is -2.16. The Morgan fingerprint density at radius 1 is 1.19 bits per heavy atom. The van der Waals surface area contributed by atoms with Gasteiger partial charge in [0.1, 0.15) is 28.2 Å². The standard InChI is InChI=1S/C13H13F2N3O2S/c1-3-10-7-13(17-8(2)16-10)18-21(19,20)12-5-4-9(14)6-11(12)15/h4-7H,3H2,1-2H3,(H,16,17,18). The van der Waals surface area contributed by atoms with Crippen LogP contribution in [0.5, 0.6) is 0 Å². The Kier molecular flexibility index (Phi) is 4.17. The topological polar surface area (TPSA) is 72.0 Å². The zero-order valence-corrected chi connectivity index (χ0v) is 12.2. The second-order valence-electron chi connectivity index (χ2n) is 4.33. The molecule has 0 aliphatic heterocycles. The maximum absolute atomic E-state index is 13.6. The van der Waals surface area contributed by atoms with Crippen LogP contribution in [0.15, 0.2) is 29.2 Å². The third-order valence-corrected chi connectivity index (χ3v) is 4.06. The number of halogens is 2. The van der Waals surface area contributed by atoms with E-state index < -0.39 is 26.6 Å². The third-order valence-electron chi connectivity index (χ3n) is 2.68. The molecule has 0 aliphatic carbocycles. The van der Waals surface area contributed by atoms with Gasteiger partial charge in [-0.05, 0) is 25.5 Å². The van der Waals surface area contributed by atoms with Gasteiger partial charge in [0.05, 0.1) is 0 Å². The van der Waals surface area contributed by atoms with E-state index >= 15 is 0 Å². The highest BCUT2D eigenvalue weighted by atomic mass is 32.2. The van der Waals surface area contributed by atoms with Crippen molar-refractivity contribution in [3.05, 3.63) is 47.4 Å². The summed E-state index contributed by atoms with van der Waals surface area (Å²) in [7, 11) is -4.18. The SMILES string of the molecule is CCc1cc(NS(=O)(=O)c2ccc(F)cc2F)nc(C)n1. The molecule has 8 heteroatoms. The first-order valence-corrected chi connectivity index (χ1v) is 7.62. The van der Waals surface area contributed by atoms with E-state index in [1.165, 1.54) is 6.07 Å². The number of aromatic nitrogens is 2. The number of sulfonamides is 1. The number of anilines is 1. The molecular formula is C13H13F2N3O2S. The minimum Gasteiger partial charge on any atom is -0.263 e. The highest BCUT2D eigenvalue weighted by Gasteiger charge is 2.20. The van der Waals surface area contributed by atoms with Crippen molar-refractivity contribution in [1.29, 1.82) is 0 Å². The van der Waals surface area contributed by atoms with E-state index in [9.17, 15) is 17.2 Å².